The Morgan fingerprint density at radius 3 is 2.72 bits per heavy atom. The molecule has 1 saturated heterocycles. The van der Waals surface area contributed by atoms with E-state index in [1.54, 1.807) is 13.3 Å². The highest BCUT2D eigenvalue weighted by atomic mass is 16.5. The van der Waals surface area contributed by atoms with E-state index >= 15 is 0 Å². The summed E-state index contributed by atoms with van der Waals surface area (Å²) in [5, 5.41) is 0. The van der Waals surface area contributed by atoms with Crippen LogP contribution in [0.2, 0.25) is 0 Å². The van der Waals surface area contributed by atoms with Gasteiger partial charge in [-0.2, -0.15) is 0 Å². The van der Waals surface area contributed by atoms with Crippen molar-refractivity contribution in [3.63, 3.8) is 0 Å². The second kappa shape index (κ2) is 6.15. The van der Waals surface area contributed by atoms with Gasteiger partial charge in [0.15, 0.2) is 0 Å². The molecule has 1 amide bonds. The molecular weight excluding hydrogens is 314 g/mol. The number of para-hydroxylation sites is 1. The first-order valence-electron chi connectivity index (χ1n) is 8.73. The highest BCUT2D eigenvalue weighted by Crippen LogP contribution is 2.47. The van der Waals surface area contributed by atoms with Gasteiger partial charge in [0.05, 0.1) is 18.2 Å². The Balaban J connectivity index is 1.51. The number of benzene rings is 1. The zero-order valence-electron chi connectivity index (χ0n) is 14.7. The van der Waals surface area contributed by atoms with E-state index in [-0.39, 0.29) is 11.3 Å². The molecule has 0 unspecified atom stereocenters. The lowest BCUT2D eigenvalue weighted by atomic mass is 9.73. The van der Waals surface area contributed by atoms with Crippen LogP contribution in [0.15, 0.2) is 42.6 Å². The maximum absolute atomic E-state index is 13.0. The first-order valence-corrected chi connectivity index (χ1v) is 8.73. The molecule has 2 aliphatic heterocycles. The van der Waals surface area contributed by atoms with Crippen LogP contribution in [-0.4, -0.2) is 43.0 Å². The minimum absolute atomic E-state index is 0.243. The van der Waals surface area contributed by atoms with E-state index in [4.69, 9.17) is 4.74 Å². The van der Waals surface area contributed by atoms with Crippen molar-refractivity contribution in [2.75, 3.05) is 32.1 Å². The van der Waals surface area contributed by atoms with Crippen LogP contribution in [0.5, 0.6) is 5.75 Å². The molecule has 1 spiro atoms. The van der Waals surface area contributed by atoms with Gasteiger partial charge in [-0.15, -0.1) is 0 Å². The molecule has 4 rings (SSSR count). The zero-order chi connectivity index (χ0) is 17.4. The van der Waals surface area contributed by atoms with Crippen LogP contribution >= 0.6 is 0 Å². The van der Waals surface area contributed by atoms with Gasteiger partial charge in [-0.1, -0.05) is 18.2 Å². The van der Waals surface area contributed by atoms with Crippen LogP contribution in [0.4, 0.5) is 5.69 Å². The molecule has 5 heteroatoms. The van der Waals surface area contributed by atoms with E-state index < -0.39 is 0 Å². The largest absolute Gasteiger partial charge is 0.497 e. The SMILES string of the molecule is COc1ccnc(CN2CCC3(CC2)C(=O)N(C)c2ccccc23)c1. The summed E-state index contributed by atoms with van der Waals surface area (Å²) in [7, 11) is 3.56. The average molecular weight is 337 g/mol. The molecule has 1 aromatic carbocycles. The van der Waals surface area contributed by atoms with Crippen LogP contribution in [0.25, 0.3) is 0 Å². The lowest BCUT2D eigenvalue weighted by Gasteiger charge is -2.38. The molecule has 0 radical (unpaired) electrons. The lowest BCUT2D eigenvalue weighted by Crippen LogP contribution is -2.47. The summed E-state index contributed by atoms with van der Waals surface area (Å²) in [6.45, 7) is 2.58. The minimum Gasteiger partial charge on any atom is -0.497 e. The van der Waals surface area contributed by atoms with Crippen LogP contribution in [-0.2, 0) is 16.8 Å². The molecule has 2 aromatic rings. The Morgan fingerprint density at radius 2 is 1.96 bits per heavy atom. The van der Waals surface area contributed by atoms with E-state index in [9.17, 15) is 4.79 Å². The smallest absolute Gasteiger partial charge is 0.237 e. The minimum atomic E-state index is -0.344. The lowest BCUT2D eigenvalue weighted by molar-refractivity contribution is -0.124. The number of rotatable bonds is 3. The molecule has 130 valence electrons. The zero-order valence-corrected chi connectivity index (χ0v) is 14.7. The van der Waals surface area contributed by atoms with Crippen LogP contribution < -0.4 is 9.64 Å². The number of hydrogen-bond acceptors (Lipinski definition) is 4. The summed E-state index contributed by atoms with van der Waals surface area (Å²) in [6.07, 6.45) is 3.50. The third-order valence-electron chi connectivity index (χ3n) is 5.61. The van der Waals surface area contributed by atoms with Gasteiger partial charge in [0.25, 0.3) is 0 Å². The number of fused-ring (bicyclic) bond motifs is 2. The highest BCUT2D eigenvalue weighted by Gasteiger charge is 2.50. The van der Waals surface area contributed by atoms with Crippen molar-refractivity contribution in [2.45, 2.75) is 24.8 Å². The van der Waals surface area contributed by atoms with Gasteiger partial charge in [0.2, 0.25) is 5.91 Å². The molecule has 1 aromatic heterocycles. The molecule has 0 atom stereocenters. The Bertz CT molecular complexity index is 797. The number of aromatic nitrogens is 1. The maximum Gasteiger partial charge on any atom is 0.237 e. The van der Waals surface area contributed by atoms with Crippen molar-refractivity contribution in [3.05, 3.63) is 53.9 Å². The number of ether oxygens (including phenoxy) is 1. The van der Waals surface area contributed by atoms with E-state index in [1.165, 1.54) is 5.56 Å². The maximum atomic E-state index is 13.0. The Kier molecular flexibility index (Phi) is 3.96. The predicted molar refractivity (Wildman–Crippen MR) is 96.8 cm³/mol. The molecule has 25 heavy (non-hydrogen) atoms. The van der Waals surface area contributed by atoms with E-state index in [1.807, 2.05) is 36.2 Å². The first kappa shape index (κ1) is 16.1. The normalized spacial score (nSPS) is 19.3. The fourth-order valence-electron chi connectivity index (χ4n) is 4.19. The van der Waals surface area contributed by atoms with Crippen molar-refractivity contribution in [1.29, 1.82) is 0 Å². The molecule has 5 nitrogen and oxygen atoms in total. The molecule has 2 aliphatic rings. The topological polar surface area (TPSA) is 45.7 Å². The molecule has 0 aliphatic carbocycles. The van der Waals surface area contributed by atoms with E-state index in [0.29, 0.717) is 0 Å². The number of anilines is 1. The standard InChI is InChI=1S/C20H23N3O2/c1-22-18-6-4-3-5-17(18)20(19(22)24)8-11-23(12-9-20)14-15-13-16(25-2)7-10-21-15/h3-7,10,13H,8-9,11-12,14H2,1-2H3. The number of piperidine rings is 1. The number of likely N-dealkylation sites (tertiary alicyclic amines) is 1. The van der Waals surface area contributed by atoms with Gasteiger partial charge in [0, 0.05) is 31.5 Å². The van der Waals surface area contributed by atoms with Gasteiger partial charge < -0.3 is 9.64 Å². The third-order valence-corrected chi connectivity index (χ3v) is 5.61. The summed E-state index contributed by atoms with van der Waals surface area (Å²) in [5.41, 5.74) is 2.92. The number of nitrogens with zero attached hydrogens (tertiary/aromatic N) is 3. The first-order chi connectivity index (χ1) is 12.1. The van der Waals surface area contributed by atoms with Gasteiger partial charge in [-0.25, -0.2) is 0 Å². The second-order valence-electron chi connectivity index (χ2n) is 6.93. The second-order valence-corrected chi connectivity index (χ2v) is 6.93. The number of carbonyl (C=O) groups excluding carboxylic acids is 1. The molecule has 1 fully saturated rings. The quantitative estimate of drug-likeness (QED) is 0.864. The summed E-state index contributed by atoms with van der Waals surface area (Å²) >= 11 is 0. The van der Waals surface area contributed by atoms with Crippen LogP contribution in [0, 0.1) is 0 Å². The van der Waals surface area contributed by atoms with Gasteiger partial charge in [-0.05, 0) is 43.6 Å². The Morgan fingerprint density at radius 1 is 1.20 bits per heavy atom. The molecule has 0 saturated carbocycles. The summed E-state index contributed by atoms with van der Waals surface area (Å²) in [5.74, 6) is 1.08. The Labute approximate surface area is 148 Å². The van der Waals surface area contributed by atoms with Gasteiger partial charge >= 0.3 is 0 Å². The third kappa shape index (κ3) is 2.59. The number of amides is 1. The fourth-order valence-corrected chi connectivity index (χ4v) is 4.19. The monoisotopic (exact) mass is 337 g/mol. The van der Waals surface area contributed by atoms with Crippen molar-refractivity contribution in [3.8, 4) is 5.75 Å². The molecule has 0 bridgehead atoms. The van der Waals surface area contributed by atoms with E-state index in [2.05, 4.69) is 22.0 Å². The summed E-state index contributed by atoms with van der Waals surface area (Å²) < 4.78 is 5.28. The van der Waals surface area contributed by atoms with Gasteiger partial charge in [-0.3, -0.25) is 14.7 Å². The van der Waals surface area contributed by atoms with Gasteiger partial charge in [0.1, 0.15) is 5.75 Å². The van der Waals surface area contributed by atoms with Crippen LogP contribution in [0.1, 0.15) is 24.1 Å². The van der Waals surface area contributed by atoms with Crippen molar-refractivity contribution in [2.24, 2.45) is 0 Å². The van der Waals surface area contributed by atoms with E-state index in [0.717, 1.165) is 49.6 Å². The number of methoxy groups -OCH3 is 1. The van der Waals surface area contributed by atoms with Crippen molar-refractivity contribution < 1.29 is 9.53 Å². The van der Waals surface area contributed by atoms with Crippen LogP contribution in [0.3, 0.4) is 0 Å². The van der Waals surface area contributed by atoms with Crippen molar-refractivity contribution >= 4 is 11.6 Å². The average Bonchev–Trinajstić information content (AvgIpc) is 2.86. The highest BCUT2D eigenvalue weighted by molar-refractivity contribution is 6.07. The fraction of sp³-hybridized carbons (Fsp3) is 0.400. The summed E-state index contributed by atoms with van der Waals surface area (Å²) in [6, 6.07) is 12.1. The number of likely N-dealkylation sites (N-methyl/N-ethyl adjacent to an activating group) is 1. The molecule has 0 N–H and O–H groups in total. The Hall–Kier alpha value is -2.40. The number of pyridine rings is 1. The number of carbonyl (C=O) groups is 1. The molecule has 3 heterocycles. The van der Waals surface area contributed by atoms with Crippen molar-refractivity contribution in [1.82, 2.24) is 9.88 Å². The predicted octanol–water partition coefficient (Wildman–Crippen LogP) is 2.60. The number of hydrogen-bond donors (Lipinski definition) is 0. The molecular formula is C20H23N3O2. The summed E-state index contributed by atoms with van der Waals surface area (Å²) in [4.78, 5) is 21.6.